The Kier molecular flexibility index (Phi) is 6.89. The Labute approximate surface area is 164 Å². The summed E-state index contributed by atoms with van der Waals surface area (Å²) in [7, 11) is 0. The highest BCUT2D eigenvalue weighted by Crippen LogP contribution is 2.17. The molecule has 0 saturated heterocycles. The van der Waals surface area contributed by atoms with Crippen LogP contribution in [-0.4, -0.2) is 12.5 Å². The number of halogens is 1. The molecule has 0 saturated carbocycles. The second kappa shape index (κ2) is 9.79. The zero-order valence-electron chi connectivity index (χ0n) is 15.0. The Morgan fingerprint density at radius 1 is 0.926 bits per heavy atom. The Bertz CT molecular complexity index is 880. The van der Waals surface area contributed by atoms with Crippen molar-refractivity contribution in [3.63, 3.8) is 0 Å². The van der Waals surface area contributed by atoms with E-state index < -0.39 is 0 Å². The molecule has 0 spiro atoms. The fraction of sp³-hybridized carbons (Fsp3) is 0.174. The number of hydrogen-bond acceptors (Lipinski definition) is 2. The number of ether oxygens (including phenoxy) is 1. The summed E-state index contributed by atoms with van der Waals surface area (Å²) in [5.74, 6) is 0.585. The first-order valence-corrected chi connectivity index (χ1v) is 9.38. The third kappa shape index (κ3) is 5.87. The van der Waals surface area contributed by atoms with E-state index in [9.17, 15) is 4.79 Å². The average molecular weight is 380 g/mol. The van der Waals surface area contributed by atoms with Crippen LogP contribution in [0.3, 0.4) is 0 Å². The van der Waals surface area contributed by atoms with E-state index in [0.717, 1.165) is 29.0 Å². The highest BCUT2D eigenvalue weighted by molar-refractivity contribution is 6.31. The molecule has 0 bridgehead atoms. The lowest BCUT2D eigenvalue weighted by molar-refractivity contribution is 0.0952. The number of rotatable bonds is 8. The molecule has 0 aliphatic carbocycles. The van der Waals surface area contributed by atoms with Gasteiger partial charge in [-0.15, -0.1) is 0 Å². The number of amides is 1. The topological polar surface area (TPSA) is 38.3 Å². The van der Waals surface area contributed by atoms with Gasteiger partial charge in [0, 0.05) is 17.1 Å². The molecule has 0 fully saturated rings. The van der Waals surface area contributed by atoms with Crippen molar-refractivity contribution in [3.05, 3.63) is 101 Å². The van der Waals surface area contributed by atoms with Crippen molar-refractivity contribution in [2.45, 2.75) is 19.4 Å². The van der Waals surface area contributed by atoms with Crippen LogP contribution in [0.25, 0.3) is 0 Å². The van der Waals surface area contributed by atoms with Crippen molar-refractivity contribution < 1.29 is 9.53 Å². The molecule has 0 radical (unpaired) electrons. The minimum Gasteiger partial charge on any atom is -0.489 e. The van der Waals surface area contributed by atoms with Gasteiger partial charge in [0.25, 0.3) is 5.91 Å². The fourth-order valence-electron chi connectivity index (χ4n) is 2.75. The van der Waals surface area contributed by atoms with Gasteiger partial charge in [0.1, 0.15) is 12.4 Å². The van der Waals surface area contributed by atoms with Crippen molar-refractivity contribution in [1.82, 2.24) is 5.32 Å². The number of aryl methyl sites for hydroxylation is 1. The van der Waals surface area contributed by atoms with E-state index in [1.165, 1.54) is 0 Å². The number of hydrogen-bond donors (Lipinski definition) is 1. The Morgan fingerprint density at radius 2 is 1.70 bits per heavy atom. The van der Waals surface area contributed by atoms with Gasteiger partial charge in [0.2, 0.25) is 0 Å². The number of carbonyl (C=O) groups excluding carboxylic acids is 1. The monoisotopic (exact) mass is 379 g/mol. The molecule has 3 rings (SSSR count). The standard InChI is InChI=1S/C23H22ClNO2/c24-22-14-5-4-10-19(22)12-7-15-25-23(26)20-11-6-13-21(16-20)27-17-18-8-2-1-3-9-18/h1-6,8-11,13-14,16H,7,12,15,17H2,(H,25,26). The Balaban J connectivity index is 1.47. The summed E-state index contributed by atoms with van der Waals surface area (Å²) >= 11 is 6.15. The molecule has 0 atom stereocenters. The zero-order chi connectivity index (χ0) is 18.9. The average Bonchev–Trinajstić information content (AvgIpc) is 2.72. The third-order valence-corrected chi connectivity index (χ3v) is 4.58. The molecule has 1 N–H and O–H groups in total. The van der Waals surface area contributed by atoms with E-state index in [1.54, 1.807) is 12.1 Å². The van der Waals surface area contributed by atoms with Gasteiger partial charge in [0.15, 0.2) is 0 Å². The first kappa shape index (κ1) is 19.0. The van der Waals surface area contributed by atoms with Gasteiger partial charge >= 0.3 is 0 Å². The van der Waals surface area contributed by atoms with E-state index in [2.05, 4.69) is 5.32 Å². The molecule has 4 heteroatoms. The van der Waals surface area contributed by atoms with E-state index in [-0.39, 0.29) is 5.91 Å². The molecule has 3 aromatic carbocycles. The van der Waals surface area contributed by atoms with E-state index >= 15 is 0 Å². The van der Waals surface area contributed by atoms with Gasteiger partial charge in [-0.3, -0.25) is 4.79 Å². The molecule has 0 aromatic heterocycles. The second-order valence-corrected chi connectivity index (χ2v) is 6.66. The molecule has 3 nitrogen and oxygen atoms in total. The van der Waals surface area contributed by atoms with Crippen LogP contribution < -0.4 is 10.1 Å². The summed E-state index contributed by atoms with van der Waals surface area (Å²) in [6, 6.07) is 25.0. The quantitative estimate of drug-likeness (QED) is 0.540. The van der Waals surface area contributed by atoms with Gasteiger partial charge in [-0.2, -0.15) is 0 Å². The first-order valence-electron chi connectivity index (χ1n) is 9.01. The molecule has 0 aliphatic rings. The molecular weight excluding hydrogens is 358 g/mol. The molecule has 0 unspecified atom stereocenters. The van der Waals surface area contributed by atoms with Gasteiger partial charge in [-0.1, -0.05) is 66.2 Å². The summed E-state index contributed by atoms with van der Waals surface area (Å²) in [5, 5.41) is 3.72. The summed E-state index contributed by atoms with van der Waals surface area (Å²) in [4.78, 5) is 12.4. The summed E-state index contributed by atoms with van der Waals surface area (Å²) in [6.07, 6.45) is 1.67. The molecule has 27 heavy (non-hydrogen) atoms. The number of carbonyl (C=O) groups is 1. The summed E-state index contributed by atoms with van der Waals surface area (Å²) in [5.41, 5.74) is 2.79. The summed E-state index contributed by atoms with van der Waals surface area (Å²) < 4.78 is 5.78. The normalized spacial score (nSPS) is 10.4. The van der Waals surface area contributed by atoms with Crippen molar-refractivity contribution in [2.24, 2.45) is 0 Å². The third-order valence-electron chi connectivity index (χ3n) is 4.21. The van der Waals surface area contributed by atoms with Crippen LogP contribution in [0.1, 0.15) is 27.9 Å². The smallest absolute Gasteiger partial charge is 0.251 e. The second-order valence-electron chi connectivity index (χ2n) is 6.25. The SMILES string of the molecule is O=C(NCCCc1ccccc1Cl)c1cccc(OCc2ccccc2)c1. The lowest BCUT2D eigenvalue weighted by Gasteiger charge is -2.09. The largest absolute Gasteiger partial charge is 0.489 e. The molecule has 0 aliphatic heterocycles. The lowest BCUT2D eigenvalue weighted by Crippen LogP contribution is -2.24. The number of benzene rings is 3. The van der Waals surface area contributed by atoms with Crippen molar-refractivity contribution >= 4 is 17.5 Å². The number of nitrogens with one attached hydrogen (secondary N) is 1. The zero-order valence-corrected chi connectivity index (χ0v) is 15.8. The van der Waals surface area contributed by atoms with Crippen LogP contribution in [-0.2, 0) is 13.0 Å². The lowest BCUT2D eigenvalue weighted by atomic mass is 10.1. The minimum atomic E-state index is -0.0979. The highest BCUT2D eigenvalue weighted by atomic mass is 35.5. The molecule has 138 valence electrons. The predicted octanol–water partition coefficient (Wildman–Crippen LogP) is 5.28. The molecule has 1 amide bonds. The molecule has 3 aromatic rings. The maximum absolute atomic E-state index is 12.4. The highest BCUT2D eigenvalue weighted by Gasteiger charge is 2.07. The predicted molar refractivity (Wildman–Crippen MR) is 109 cm³/mol. The van der Waals surface area contributed by atoms with Gasteiger partial charge in [-0.05, 0) is 48.2 Å². The van der Waals surface area contributed by atoms with Crippen LogP contribution in [0.5, 0.6) is 5.75 Å². The van der Waals surface area contributed by atoms with E-state index in [4.69, 9.17) is 16.3 Å². The minimum absolute atomic E-state index is 0.0979. The van der Waals surface area contributed by atoms with Gasteiger partial charge in [-0.25, -0.2) is 0 Å². The Hall–Kier alpha value is -2.78. The van der Waals surface area contributed by atoms with Crippen LogP contribution in [0.4, 0.5) is 0 Å². The van der Waals surface area contributed by atoms with Crippen molar-refractivity contribution in [1.29, 1.82) is 0 Å². The maximum Gasteiger partial charge on any atom is 0.251 e. The van der Waals surface area contributed by atoms with Crippen LogP contribution in [0, 0.1) is 0 Å². The van der Waals surface area contributed by atoms with Crippen LogP contribution in [0.15, 0.2) is 78.9 Å². The fourth-order valence-corrected chi connectivity index (χ4v) is 2.98. The molecule has 0 heterocycles. The van der Waals surface area contributed by atoms with Crippen LogP contribution in [0.2, 0.25) is 5.02 Å². The molecular formula is C23H22ClNO2. The Morgan fingerprint density at radius 3 is 2.52 bits per heavy atom. The first-order chi connectivity index (χ1) is 13.2. The maximum atomic E-state index is 12.4. The van der Waals surface area contributed by atoms with Gasteiger partial charge < -0.3 is 10.1 Å². The van der Waals surface area contributed by atoms with E-state index in [1.807, 2.05) is 66.7 Å². The van der Waals surface area contributed by atoms with Gasteiger partial charge in [0.05, 0.1) is 0 Å². The summed E-state index contributed by atoms with van der Waals surface area (Å²) in [6.45, 7) is 1.07. The van der Waals surface area contributed by atoms with Crippen molar-refractivity contribution in [2.75, 3.05) is 6.54 Å². The van der Waals surface area contributed by atoms with Crippen molar-refractivity contribution in [3.8, 4) is 5.75 Å². The van der Waals surface area contributed by atoms with Crippen LogP contribution >= 0.6 is 11.6 Å². The van der Waals surface area contributed by atoms with E-state index in [0.29, 0.717) is 24.5 Å².